The summed E-state index contributed by atoms with van der Waals surface area (Å²) in [5, 5.41) is 2.94. The van der Waals surface area contributed by atoms with E-state index in [0.29, 0.717) is 18.5 Å². The van der Waals surface area contributed by atoms with E-state index in [0.717, 1.165) is 25.2 Å². The summed E-state index contributed by atoms with van der Waals surface area (Å²) in [7, 11) is 1.84. The van der Waals surface area contributed by atoms with Crippen LogP contribution in [0.1, 0.15) is 42.7 Å². The van der Waals surface area contributed by atoms with Crippen LogP contribution in [0.3, 0.4) is 0 Å². The molecule has 0 unspecified atom stereocenters. The molecule has 5 nitrogen and oxygen atoms in total. The molecule has 0 saturated carbocycles. The van der Waals surface area contributed by atoms with Crippen LogP contribution in [0, 0.1) is 12.8 Å². The molecule has 0 spiro atoms. The van der Waals surface area contributed by atoms with E-state index in [1.807, 2.05) is 14.0 Å². The van der Waals surface area contributed by atoms with Gasteiger partial charge >= 0.3 is 0 Å². The van der Waals surface area contributed by atoms with Crippen LogP contribution in [-0.2, 0) is 7.05 Å². The van der Waals surface area contributed by atoms with Crippen molar-refractivity contribution in [2.75, 3.05) is 19.6 Å². The summed E-state index contributed by atoms with van der Waals surface area (Å²) < 4.78 is 1.80. The fourth-order valence-electron chi connectivity index (χ4n) is 2.96. The van der Waals surface area contributed by atoms with Crippen molar-refractivity contribution in [1.29, 1.82) is 0 Å². The first-order valence-electron chi connectivity index (χ1n) is 8.08. The minimum atomic E-state index is -0.262. The van der Waals surface area contributed by atoms with Gasteiger partial charge in [-0.25, -0.2) is 0 Å². The largest absolute Gasteiger partial charge is 0.354 e. The molecule has 1 aromatic rings. The number of carbonyl (C=O) groups excluding carboxylic acids is 1. The van der Waals surface area contributed by atoms with E-state index in [-0.39, 0.29) is 16.9 Å². The second-order valence-electron chi connectivity index (χ2n) is 6.61. The highest BCUT2D eigenvalue weighted by molar-refractivity contribution is 5.93. The van der Waals surface area contributed by atoms with Crippen LogP contribution in [0.4, 0.5) is 0 Å². The van der Waals surface area contributed by atoms with Gasteiger partial charge in [-0.05, 0) is 46.1 Å². The van der Waals surface area contributed by atoms with Gasteiger partial charge in [-0.2, -0.15) is 0 Å². The topological polar surface area (TPSA) is 54.3 Å². The molecule has 0 radical (unpaired) electrons. The Bertz CT molecular complexity index is 592. The molecule has 1 fully saturated rings. The first kappa shape index (κ1) is 16.7. The molecule has 1 N–H and O–H groups in total. The molecular formula is C17H27N3O2. The molecule has 2 rings (SSSR count). The minimum absolute atomic E-state index is 0.208. The number of amides is 1. The number of nitrogens with zero attached hydrogens (tertiary/aromatic N) is 2. The fraction of sp³-hybridized carbons (Fsp3) is 0.647. The molecule has 1 aliphatic heterocycles. The second kappa shape index (κ2) is 7.09. The summed E-state index contributed by atoms with van der Waals surface area (Å²) in [5.74, 6) is 0.205. The first-order chi connectivity index (χ1) is 10.4. The number of hydrogen-bond donors (Lipinski definition) is 1. The Morgan fingerprint density at radius 3 is 2.86 bits per heavy atom. The summed E-state index contributed by atoms with van der Waals surface area (Å²) in [5.41, 5.74) is 0.867. The maximum atomic E-state index is 12.2. The van der Waals surface area contributed by atoms with E-state index in [4.69, 9.17) is 0 Å². The molecule has 5 heteroatoms. The maximum absolute atomic E-state index is 12.2. The van der Waals surface area contributed by atoms with E-state index < -0.39 is 0 Å². The van der Waals surface area contributed by atoms with Crippen molar-refractivity contribution in [2.24, 2.45) is 13.0 Å². The third-order valence-electron chi connectivity index (χ3n) is 4.56. The van der Waals surface area contributed by atoms with Crippen LogP contribution < -0.4 is 10.7 Å². The first-order valence-corrected chi connectivity index (χ1v) is 8.08. The Kier molecular flexibility index (Phi) is 5.40. The molecule has 1 atom stereocenters. The number of piperidine rings is 1. The SMILES string of the molecule is Cc1cc(=O)c(C(=O)NC[C@@H]2CCCN(C(C)C)C2)cn1C. The molecule has 2 heterocycles. The van der Waals surface area contributed by atoms with E-state index in [2.05, 4.69) is 24.1 Å². The molecule has 122 valence electrons. The van der Waals surface area contributed by atoms with Crippen molar-refractivity contribution in [3.05, 3.63) is 33.7 Å². The zero-order valence-corrected chi connectivity index (χ0v) is 14.1. The molecule has 22 heavy (non-hydrogen) atoms. The van der Waals surface area contributed by atoms with Crippen LogP contribution in [0.5, 0.6) is 0 Å². The summed E-state index contributed by atoms with van der Waals surface area (Å²) in [6.07, 6.45) is 3.93. The maximum Gasteiger partial charge on any atom is 0.256 e. The third-order valence-corrected chi connectivity index (χ3v) is 4.56. The summed E-state index contributed by atoms with van der Waals surface area (Å²) in [4.78, 5) is 26.6. The number of likely N-dealkylation sites (tertiary alicyclic amines) is 1. The van der Waals surface area contributed by atoms with Crippen molar-refractivity contribution >= 4 is 5.91 Å². The van der Waals surface area contributed by atoms with Crippen LogP contribution in [0.15, 0.2) is 17.1 Å². The summed E-state index contributed by atoms with van der Waals surface area (Å²) in [6.45, 7) is 9.06. The number of aryl methyl sites for hydroxylation is 2. The molecule has 0 bridgehead atoms. The highest BCUT2D eigenvalue weighted by atomic mass is 16.2. The molecule has 0 aromatic carbocycles. The number of aromatic nitrogens is 1. The van der Waals surface area contributed by atoms with Crippen molar-refractivity contribution in [1.82, 2.24) is 14.8 Å². The monoisotopic (exact) mass is 305 g/mol. The van der Waals surface area contributed by atoms with Gasteiger partial charge < -0.3 is 14.8 Å². The van der Waals surface area contributed by atoms with Crippen LogP contribution >= 0.6 is 0 Å². The minimum Gasteiger partial charge on any atom is -0.354 e. The van der Waals surface area contributed by atoms with Gasteiger partial charge in [0.2, 0.25) is 0 Å². The average Bonchev–Trinajstić information content (AvgIpc) is 2.48. The lowest BCUT2D eigenvalue weighted by atomic mass is 9.97. The Balaban J connectivity index is 1.96. The molecule has 1 saturated heterocycles. The van der Waals surface area contributed by atoms with Crippen molar-refractivity contribution in [3.63, 3.8) is 0 Å². The number of carbonyl (C=O) groups is 1. The number of hydrogen-bond acceptors (Lipinski definition) is 3. The lowest BCUT2D eigenvalue weighted by Crippen LogP contribution is -2.44. The van der Waals surface area contributed by atoms with Crippen molar-refractivity contribution < 1.29 is 4.79 Å². The Morgan fingerprint density at radius 2 is 2.18 bits per heavy atom. The van der Waals surface area contributed by atoms with Gasteiger partial charge in [0.05, 0.1) is 0 Å². The van der Waals surface area contributed by atoms with E-state index in [1.54, 1.807) is 10.8 Å². The smallest absolute Gasteiger partial charge is 0.256 e. The average molecular weight is 305 g/mol. The van der Waals surface area contributed by atoms with Gasteiger partial charge in [-0.3, -0.25) is 9.59 Å². The zero-order valence-electron chi connectivity index (χ0n) is 14.1. The summed E-state index contributed by atoms with van der Waals surface area (Å²) in [6, 6.07) is 2.05. The Hall–Kier alpha value is -1.62. The predicted molar refractivity (Wildman–Crippen MR) is 88.2 cm³/mol. The van der Waals surface area contributed by atoms with Crippen molar-refractivity contribution in [2.45, 2.75) is 39.7 Å². The molecule has 0 aliphatic carbocycles. The van der Waals surface area contributed by atoms with Crippen LogP contribution in [0.25, 0.3) is 0 Å². The lowest BCUT2D eigenvalue weighted by molar-refractivity contribution is 0.0921. The van der Waals surface area contributed by atoms with E-state index in [9.17, 15) is 9.59 Å². The van der Waals surface area contributed by atoms with Crippen molar-refractivity contribution in [3.8, 4) is 0 Å². The number of rotatable bonds is 4. The highest BCUT2D eigenvalue weighted by Crippen LogP contribution is 2.17. The number of nitrogens with one attached hydrogen (secondary N) is 1. The zero-order chi connectivity index (χ0) is 16.3. The van der Waals surface area contributed by atoms with E-state index in [1.165, 1.54) is 12.5 Å². The normalized spacial score (nSPS) is 19.4. The molecule has 1 aliphatic rings. The third kappa shape index (κ3) is 3.97. The van der Waals surface area contributed by atoms with E-state index >= 15 is 0 Å². The quantitative estimate of drug-likeness (QED) is 0.918. The Labute approximate surface area is 132 Å². The van der Waals surface area contributed by atoms with Gasteiger partial charge in [-0.1, -0.05) is 0 Å². The second-order valence-corrected chi connectivity index (χ2v) is 6.61. The van der Waals surface area contributed by atoms with Gasteiger partial charge in [0, 0.05) is 44.1 Å². The van der Waals surface area contributed by atoms with Gasteiger partial charge in [0.25, 0.3) is 5.91 Å². The van der Waals surface area contributed by atoms with Gasteiger partial charge in [0.15, 0.2) is 5.43 Å². The molecule has 1 aromatic heterocycles. The molecule has 1 amide bonds. The molecular weight excluding hydrogens is 278 g/mol. The fourth-order valence-corrected chi connectivity index (χ4v) is 2.96. The van der Waals surface area contributed by atoms with Gasteiger partial charge in [-0.15, -0.1) is 0 Å². The van der Waals surface area contributed by atoms with Crippen LogP contribution in [-0.4, -0.2) is 41.1 Å². The highest BCUT2D eigenvalue weighted by Gasteiger charge is 2.22. The lowest BCUT2D eigenvalue weighted by Gasteiger charge is -2.35. The Morgan fingerprint density at radius 1 is 1.45 bits per heavy atom. The van der Waals surface area contributed by atoms with Gasteiger partial charge in [0.1, 0.15) is 5.56 Å². The van der Waals surface area contributed by atoms with Crippen LogP contribution in [0.2, 0.25) is 0 Å². The summed E-state index contributed by atoms with van der Waals surface area (Å²) >= 11 is 0. The standard InChI is InChI=1S/C17H27N3O2/c1-12(2)20-7-5-6-14(10-20)9-18-17(22)15-11-19(4)13(3)8-16(15)21/h8,11-12,14H,5-7,9-10H2,1-4H3,(H,18,22)/t14-/m0/s1. The number of pyridine rings is 1. The predicted octanol–water partition coefficient (Wildman–Crippen LogP) is 1.54.